The first kappa shape index (κ1) is 29.4. The van der Waals surface area contributed by atoms with Crippen molar-refractivity contribution in [2.45, 2.75) is 48.0 Å². The zero-order valence-corrected chi connectivity index (χ0v) is 25.6. The highest BCUT2D eigenvalue weighted by Gasteiger charge is 2.61. The monoisotopic (exact) mass is 651 g/mol. The van der Waals surface area contributed by atoms with Crippen molar-refractivity contribution in [3.05, 3.63) is 93.2 Å². The Kier molecular flexibility index (Phi) is 7.57. The minimum absolute atomic E-state index is 0.0341. The summed E-state index contributed by atoms with van der Waals surface area (Å²) in [5.74, 6) is -1.33. The fourth-order valence-electron chi connectivity index (χ4n) is 6.73. The van der Waals surface area contributed by atoms with Gasteiger partial charge in [0.05, 0.1) is 28.4 Å². The van der Waals surface area contributed by atoms with E-state index in [4.69, 9.17) is 27.9 Å². The van der Waals surface area contributed by atoms with Crippen LogP contribution in [-0.2, 0) is 42.2 Å². The Morgan fingerprint density at radius 1 is 1.05 bits per heavy atom. The van der Waals surface area contributed by atoms with Gasteiger partial charge in [0.15, 0.2) is 19.7 Å². The van der Waals surface area contributed by atoms with Gasteiger partial charge in [0.2, 0.25) is 5.91 Å². The second-order valence-corrected chi connectivity index (χ2v) is 16.3. The molecule has 6 rings (SSSR count). The van der Waals surface area contributed by atoms with Crippen LogP contribution in [0.15, 0.2) is 65.6 Å². The van der Waals surface area contributed by atoms with Crippen LogP contribution in [-0.4, -0.2) is 51.7 Å². The van der Waals surface area contributed by atoms with Crippen LogP contribution in [0.1, 0.15) is 36.0 Å². The van der Waals surface area contributed by atoms with Gasteiger partial charge in [0, 0.05) is 22.2 Å². The van der Waals surface area contributed by atoms with Crippen LogP contribution in [0.4, 0.5) is 4.39 Å². The Bertz CT molecular complexity index is 1760. The quantitative estimate of drug-likeness (QED) is 0.333. The van der Waals surface area contributed by atoms with Gasteiger partial charge in [-0.15, -0.1) is 0 Å². The molecular weight excluding hydrogens is 624 g/mol. The molecule has 0 aromatic heterocycles. The van der Waals surface area contributed by atoms with Crippen molar-refractivity contribution in [1.29, 1.82) is 0 Å². The largest absolute Gasteiger partial charge is 0.489 e. The SMILES string of the molecule is O=C(C1CCS(=O)(=O)C1)N1CC[C@@]2(S(=O)(=O)c3ccc(F)cc3)c3ccc(OCc4c(Cl)cccc4Cl)cc3CC[C@@H]12. The topological polar surface area (TPSA) is 97.8 Å². The molecule has 12 heteroatoms. The van der Waals surface area contributed by atoms with Gasteiger partial charge in [0.1, 0.15) is 22.9 Å². The van der Waals surface area contributed by atoms with Gasteiger partial charge >= 0.3 is 0 Å². The third-order valence-corrected chi connectivity index (χ3v) is 13.8. The smallest absolute Gasteiger partial charge is 0.227 e. The number of amides is 1. The maximum Gasteiger partial charge on any atom is 0.227 e. The fraction of sp³-hybridized carbons (Fsp3) is 0.367. The van der Waals surface area contributed by atoms with Crippen LogP contribution in [0, 0.1) is 11.7 Å². The number of nitrogens with zero attached hydrogens (tertiary/aromatic N) is 1. The van der Waals surface area contributed by atoms with Crippen LogP contribution in [0.3, 0.4) is 0 Å². The average Bonchev–Trinajstić information content (AvgIpc) is 3.53. The number of ether oxygens (including phenoxy) is 1. The standard InChI is InChI=1S/C30H28Cl2FNO6S2/c31-26-2-1-3-27(32)24(26)17-40-22-7-10-25-19(16-22)4-11-28-30(25,42(38,39)23-8-5-21(33)6-9-23)13-14-34(28)29(35)20-12-15-41(36,37)18-20/h1-3,5-10,16,20,28H,4,11-15,17-18H2/t20?,28-,30-/m1/s1. The lowest BCUT2D eigenvalue weighted by molar-refractivity contribution is -0.136. The maximum atomic E-state index is 14.5. The van der Waals surface area contributed by atoms with Gasteiger partial charge in [0.25, 0.3) is 0 Å². The van der Waals surface area contributed by atoms with Crippen molar-refractivity contribution in [3.8, 4) is 5.75 Å². The number of likely N-dealkylation sites (tertiary alicyclic amines) is 1. The van der Waals surface area contributed by atoms with Gasteiger partial charge in [-0.2, -0.15) is 0 Å². The third-order valence-electron chi connectivity index (χ3n) is 8.77. The van der Waals surface area contributed by atoms with E-state index in [1.54, 1.807) is 35.2 Å². The minimum atomic E-state index is -4.14. The van der Waals surface area contributed by atoms with Gasteiger partial charge in [-0.1, -0.05) is 35.3 Å². The first-order chi connectivity index (χ1) is 19.9. The van der Waals surface area contributed by atoms with E-state index in [1.165, 1.54) is 12.1 Å². The normalized spacial score (nSPS) is 24.7. The van der Waals surface area contributed by atoms with Crippen molar-refractivity contribution in [2.24, 2.45) is 5.92 Å². The lowest BCUT2D eigenvalue weighted by Gasteiger charge is -2.43. The summed E-state index contributed by atoms with van der Waals surface area (Å²) < 4.78 is 71.6. The number of hydrogen-bond donors (Lipinski definition) is 0. The predicted octanol–water partition coefficient (Wildman–Crippen LogP) is 5.36. The molecule has 2 heterocycles. The van der Waals surface area contributed by atoms with Crippen molar-refractivity contribution in [2.75, 3.05) is 18.1 Å². The lowest BCUT2D eigenvalue weighted by atomic mass is 9.78. The number of fused-ring (bicyclic) bond motifs is 3. The Morgan fingerprint density at radius 2 is 1.76 bits per heavy atom. The van der Waals surface area contributed by atoms with E-state index in [0.717, 1.165) is 17.7 Å². The first-order valence-corrected chi connectivity index (χ1v) is 17.7. The Balaban J connectivity index is 1.39. The lowest BCUT2D eigenvalue weighted by Crippen LogP contribution is -2.53. The van der Waals surface area contributed by atoms with Crippen LogP contribution in [0.2, 0.25) is 10.0 Å². The van der Waals surface area contributed by atoms with Crippen molar-refractivity contribution >= 4 is 48.8 Å². The van der Waals surface area contributed by atoms with E-state index in [0.29, 0.717) is 39.8 Å². The highest BCUT2D eigenvalue weighted by Crippen LogP contribution is 2.53. The van der Waals surface area contributed by atoms with Crippen LogP contribution >= 0.6 is 23.2 Å². The van der Waals surface area contributed by atoms with Crippen molar-refractivity contribution in [3.63, 3.8) is 0 Å². The summed E-state index contributed by atoms with van der Waals surface area (Å²) in [6, 6.07) is 14.5. The van der Waals surface area contributed by atoms with E-state index in [2.05, 4.69) is 0 Å². The highest BCUT2D eigenvalue weighted by molar-refractivity contribution is 7.92. The molecule has 0 bridgehead atoms. The van der Waals surface area contributed by atoms with E-state index in [9.17, 15) is 26.0 Å². The summed E-state index contributed by atoms with van der Waals surface area (Å²) in [4.78, 5) is 15.2. The van der Waals surface area contributed by atoms with Gasteiger partial charge < -0.3 is 9.64 Å². The number of aryl methyl sites for hydroxylation is 1. The highest BCUT2D eigenvalue weighted by atomic mass is 35.5. The minimum Gasteiger partial charge on any atom is -0.489 e. The molecular formula is C30H28Cl2FNO6S2. The zero-order valence-electron chi connectivity index (χ0n) is 22.4. The van der Waals surface area contributed by atoms with Gasteiger partial charge in [-0.25, -0.2) is 21.2 Å². The number of sulfone groups is 2. The number of carbonyl (C=O) groups excluding carboxylic acids is 1. The summed E-state index contributed by atoms with van der Waals surface area (Å²) >= 11 is 12.6. The second kappa shape index (κ2) is 10.8. The number of carbonyl (C=O) groups is 1. The molecule has 3 atom stereocenters. The molecule has 1 amide bonds. The molecule has 2 fully saturated rings. The van der Waals surface area contributed by atoms with E-state index < -0.39 is 42.2 Å². The summed E-state index contributed by atoms with van der Waals surface area (Å²) in [7, 11) is -7.44. The molecule has 0 spiro atoms. The van der Waals surface area contributed by atoms with E-state index in [-0.39, 0.29) is 48.3 Å². The summed E-state index contributed by atoms with van der Waals surface area (Å²) in [5, 5.41) is 0.942. The molecule has 1 aliphatic carbocycles. The molecule has 0 saturated carbocycles. The van der Waals surface area contributed by atoms with E-state index in [1.807, 2.05) is 6.07 Å². The molecule has 7 nitrogen and oxygen atoms in total. The van der Waals surface area contributed by atoms with Crippen molar-refractivity contribution < 1.29 is 30.8 Å². The Hall–Kier alpha value is -2.66. The number of halogens is 3. The predicted molar refractivity (Wildman–Crippen MR) is 158 cm³/mol. The van der Waals surface area contributed by atoms with Crippen molar-refractivity contribution in [1.82, 2.24) is 4.90 Å². The second-order valence-electron chi connectivity index (χ2n) is 11.1. The first-order valence-electron chi connectivity index (χ1n) is 13.6. The molecule has 0 N–H and O–H groups in total. The van der Waals surface area contributed by atoms with E-state index >= 15 is 0 Å². The maximum absolute atomic E-state index is 14.5. The summed E-state index contributed by atoms with van der Waals surface area (Å²) in [6.07, 6.45) is 1.20. The molecule has 2 saturated heterocycles. The molecule has 42 heavy (non-hydrogen) atoms. The number of hydrogen-bond acceptors (Lipinski definition) is 6. The van der Waals surface area contributed by atoms with Crippen LogP contribution in [0.25, 0.3) is 0 Å². The zero-order chi connectivity index (χ0) is 29.9. The van der Waals surface area contributed by atoms with Crippen LogP contribution < -0.4 is 4.74 Å². The molecule has 2 aliphatic heterocycles. The Labute approximate surface area is 254 Å². The van der Waals surface area contributed by atoms with Gasteiger partial charge in [-0.05, 0) is 85.3 Å². The number of rotatable bonds is 6. The van der Waals surface area contributed by atoms with Gasteiger partial charge in [-0.3, -0.25) is 4.79 Å². The molecule has 1 unspecified atom stereocenters. The average molecular weight is 653 g/mol. The molecule has 3 aliphatic rings. The molecule has 3 aromatic rings. The molecule has 3 aromatic carbocycles. The summed E-state index contributed by atoms with van der Waals surface area (Å²) in [6.45, 7) is 0.286. The number of benzene rings is 3. The fourth-order valence-corrected chi connectivity index (χ4v) is 11.3. The third kappa shape index (κ3) is 4.90. The Morgan fingerprint density at radius 3 is 2.43 bits per heavy atom. The summed E-state index contributed by atoms with van der Waals surface area (Å²) in [5.41, 5.74) is 1.98. The van der Waals surface area contributed by atoms with Crippen LogP contribution in [0.5, 0.6) is 5.75 Å². The molecule has 222 valence electrons. The molecule has 0 radical (unpaired) electrons.